The molecule has 0 radical (unpaired) electrons. The molecule has 1 heterocycles. The molecule has 0 aliphatic carbocycles. The predicted molar refractivity (Wildman–Crippen MR) is 107 cm³/mol. The lowest BCUT2D eigenvalue weighted by Crippen LogP contribution is -2.57. The Kier molecular flexibility index (Phi) is 6.75. The minimum atomic E-state index is -3.92. The molecule has 0 amide bonds. The molecule has 156 valence electrons. The Morgan fingerprint density at radius 3 is 2.39 bits per heavy atom. The van der Waals surface area contributed by atoms with E-state index < -0.39 is 36.4 Å². The normalized spacial score (nSPS) is 26.6. The molecule has 1 unspecified atom stereocenters. The summed E-state index contributed by atoms with van der Waals surface area (Å²) in [6.07, 6.45) is -0.764. The van der Waals surface area contributed by atoms with Crippen molar-refractivity contribution in [2.75, 3.05) is 19.5 Å². The summed E-state index contributed by atoms with van der Waals surface area (Å²) < 4.78 is 46.7. The monoisotopic (exact) mass is 427 g/mol. The Labute approximate surface area is 168 Å². The van der Waals surface area contributed by atoms with Crippen LogP contribution >= 0.6 is 0 Å². The van der Waals surface area contributed by atoms with Crippen LogP contribution in [-0.2, 0) is 28.2 Å². The van der Waals surface area contributed by atoms with Crippen LogP contribution in [0.3, 0.4) is 0 Å². The molecule has 9 heteroatoms. The van der Waals surface area contributed by atoms with Gasteiger partial charge in [-0.1, -0.05) is 51.1 Å². The summed E-state index contributed by atoms with van der Waals surface area (Å²) in [5.41, 5.74) is -1.04. The molecule has 2 rings (SSSR count). The van der Waals surface area contributed by atoms with E-state index in [2.05, 4.69) is 33.9 Å². The van der Waals surface area contributed by atoms with Gasteiger partial charge in [0.05, 0.1) is 19.5 Å². The number of hydrogen-bond donors (Lipinski definition) is 0. The summed E-state index contributed by atoms with van der Waals surface area (Å²) >= 11 is 0. The van der Waals surface area contributed by atoms with Crippen molar-refractivity contribution in [3.63, 3.8) is 0 Å². The molecule has 0 spiro atoms. The first kappa shape index (κ1) is 23.0. The maximum atomic E-state index is 11.8. The van der Waals surface area contributed by atoms with Crippen molar-refractivity contribution in [1.29, 1.82) is 5.26 Å². The maximum absolute atomic E-state index is 11.8. The van der Waals surface area contributed by atoms with Gasteiger partial charge in [-0.05, 0) is 18.1 Å². The smallest absolute Gasteiger partial charge is 0.266 e. The van der Waals surface area contributed by atoms with Gasteiger partial charge in [-0.15, -0.1) is 0 Å². The lowest BCUT2D eigenvalue weighted by atomic mass is 9.98. The van der Waals surface area contributed by atoms with Gasteiger partial charge in [0.1, 0.15) is 12.2 Å². The van der Waals surface area contributed by atoms with Gasteiger partial charge in [0.15, 0.2) is 14.6 Å². The van der Waals surface area contributed by atoms with Crippen molar-refractivity contribution in [1.82, 2.24) is 0 Å². The van der Waals surface area contributed by atoms with Crippen LogP contribution in [0.5, 0.6) is 0 Å². The molecule has 1 fully saturated rings. The average Bonchev–Trinajstić information content (AvgIpc) is 2.59. The minimum absolute atomic E-state index is 0.0340. The van der Waals surface area contributed by atoms with Gasteiger partial charge in [-0.25, -0.2) is 4.18 Å². The quantitative estimate of drug-likeness (QED) is 0.507. The van der Waals surface area contributed by atoms with Crippen molar-refractivity contribution in [3.05, 3.63) is 35.9 Å². The highest BCUT2D eigenvalue weighted by Gasteiger charge is 2.51. The van der Waals surface area contributed by atoms with E-state index in [1.807, 2.05) is 36.4 Å². The topological polar surface area (TPSA) is 94.8 Å². The molecular weight excluding hydrogens is 398 g/mol. The number of nitrogens with zero attached hydrogens (tertiary/aromatic N) is 1. The molecular formula is C19H29NO6SSi. The summed E-state index contributed by atoms with van der Waals surface area (Å²) in [7, 11) is -6.08. The molecule has 0 aromatic heterocycles. The van der Waals surface area contributed by atoms with Gasteiger partial charge < -0.3 is 13.9 Å². The Morgan fingerprint density at radius 2 is 1.89 bits per heavy atom. The molecule has 0 N–H and O–H groups in total. The van der Waals surface area contributed by atoms with E-state index in [4.69, 9.17) is 18.1 Å². The molecule has 1 saturated heterocycles. The summed E-state index contributed by atoms with van der Waals surface area (Å²) in [5, 5.41) is 9.73. The molecule has 28 heavy (non-hydrogen) atoms. The van der Waals surface area contributed by atoms with Crippen molar-refractivity contribution in [2.24, 2.45) is 0 Å². The lowest BCUT2D eigenvalue weighted by Gasteiger charge is -2.43. The van der Waals surface area contributed by atoms with Crippen molar-refractivity contribution < 1.29 is 26.5 Å². The van der Waals surface area contributed by atoms with Gasteiger partial charge in [0.2, 0.25) is 5.60 Å². The molecule has 7 nitrogen and oxygen atoms in total. The number of hydrogen-bond acceptors (Lipinski definition) is 7. The zero-order valence-electron chi connectivity index (χ0n) is 17.3. The van der Waals surface area contributed by atoms with Crippen LogP contribution in [0.2, 0.25) is 18.1 Å². The highest BCUT2D eigenvalue weighted by molar-refractivity contribution is 7.86. The van der Waals surface area contributed by atoms with Crippen LogP contribution in [0, 0.1) is 11.3 Å². The standard InChI is InChI=1S/C19H29NO6SSi/c1-18(2,3)28(5,6)24-12-16-19(13-20,26-27(4,21)22)14-23-17(25-16)15-10-8-7-9-11-15/h7-11,16-17H,12,14H2,1-6H3/t16-,17+,19?/m0/s1. The van der Waals surface area contributed by atoms with E-state index in [0.29, 0.717) is 0 Å². The fourth-order valence-corrected chi connectivity index (χ4v) is 4.25. The van der Waals surface area contributed by atoms with E-state index in [-0.39, 0.29) is 18.3 Å². The van der Waals surface area contributed by atoms with E-state index in [1.165, 1.54) is 0 Å². The second-order valence-electron chi connectivity index (χ2n) is 8.54. The lowest BCUT2D eigenvalue weighted by molar-refractivity contribution is -0.275. The largest absolute Gasteiger partial charge is 0.414 e. The van der Waals surface area contributed by atoms with E-state index in [0.717, 1.165) is 11.8 Å². The number of benzene rings is 1. The third-order valence-electron chi connectivity index (χ3n) is 5.22. The molecule has 1 aliphatic rings. The highest BCUT2D eigenvalue weighted by Crippen LogP contribution is 2.39. The zero-order chi connectivity index (χ0) is 21.2. The van der Waals surface area contributed by atoms with Gasteiger partial charge >= 0.3 is 0 Å². The van der Waals surface area contributed by atoms with Crippen LogP contribution in [0.15, 0.2) is 30.3 Å². The number of ether oxygens (including phenoxy) is 2. The first-order valence-electron chi connectivity index (χ1n) is 9.07. The molecule has 0 bridgehead atoms. The van der Waals surface area contributed by atoms with Crippen LogP contribution in [0.25, 0.3) is 0 Å². The SMILES string of the molecule is CC(C)(C)[Si](C)(C)OC[C@@H]1O[C@H](c2ccccc2)OCC1(C#N)OS(C)(=O)=O. The van der Waals surface area contributed by atoms with E-state index in [9.17, 15) is 13.7 Å². The van der Waals surface area contributed by atoms with Gasteiger partial charge in [0, 0.05) is 5.56 Å². The summed E-state index contributed by atoms with van der Waals surface area (Å²) in [6.45, 7) is 10.2. The van der Waals surface area contributed by atoms with Crippen molar-refractivity contribution in [3.8, 4) is 6.07 Å². The number of nitriles is 1. The van der Waals surface area contributed by atoms with E-state index in [1.54, 1.807) is 0 Å². The van der Waals surface area contributed by atoms with E-state index >= 15 is 0 Å². The van der Waals surface area contributed by atoms with Gasteiger partial charge in [-0.3, -0.25) is 0 Å². The molecule has 3 atom stereocenters. The Hall–Kier alpha value is -1.28. The summed E-state index contributed by atoms with van der Waals surface area (Å²) in [5.74, 6) is 0. The van der Waals surface area contributed by atoms with Gasteiger partial charge in [-0.2, -0.15) is 13.7 Å². The highest BCUT2D eigenvalue weighted by atomic mass is 32.2. The van der Waals surface area contributed by atoms with Crippen LogP contribution in [-0.4, -0.2) is 47.9 Å². The first-order chi connectivity index (χ1) is 12.8. The van der Waals surface area contributed by atoms with Gasteiger partial charge in [0.25, 0.3) is 10.1 Å². The van der Waals surface area contributed by atoms with Crippen molar-refractivity contribution in [2.45, 2.75) is 56.9 Å². The minimum Gasteiger partial charge on any atom is -0.414 e. The first-order valence-corrected chi connectivity index (χ1v) is 13.8. The Balaban J connectivity index is 2.31. The van der Waals surface area contributed by atoms with Crippen LogP contribution < -0.4 is 0 Å². The zero-order valence-corrected chi connectivity index (χ0v) is 19.1. The second-order valence-corrected chi connectivity index (χ2v) is 14.9. The second kappa shape index (κ2) is 8.22. The maximum Gasteiger partial charge on any atom is 0.266 e. The fraction of sp³-hybridized carbons (Fsp3) is 0.632. The third kappa shape index (κ3) is 5.41. The Bertz CT molecular complexity index is 815. The molecule has 1 aromatic carbocycles. The molecule has 1 aromatic rings. The predicted octanol–water partition coefficient (Wildman–Crippen LogP) is 3.36. The average molecular weight is 428 g/mol. The Morgan fingerprint density at radius 1 is 1.29 bits per heavy atom. The van der Waals surface area contributed by atoms with Crippen molar-refractivity contribution >= 4 is 18.4 Å². The third-order valence-corrected chi connectivity index (χ3v) is 10.3. The fourth-order valence-electron chi connectivity index (χ4n) is 2.52. The molecule has 0 saturated carbocycles. The summed E-state index contributed by atoms with van der Waals surface area (Å²) in [6, 6.07) is 11.2. The van der Waals surface area contributed by atoms with Crippen LogP contribution in [0.4, 0.5) is 0 Å². The summed E-state index contributed by atoms with van der Waals surface area (Å²) in [4.78, 5) is 0. The number of rotatable bonds is 6. The molecule has 1 aliphatic heterocycles. The van der Waals surface area contributed by atoms with Crippen LogP contribution in [0.1, 0.15) is 32.6 Å².